The van der Waals surface area contributed by atoms with Gasteiger partial charge in [0, 0.05) is 5.75 Å². The second-order valence-corrected chi connectivity index (χ2v) is 9.73. The van der Waals surface area contributed by atoms with E-state index in [4.69, 9.17) is 9.47 Å². The van der Waals surface area contributed by atoms with Crippen LogP contribution in [0.25, 0.3) is 0 Å². The predicted molar refractivity (Wildman–Crippen MR) is 128 cm³/mol. The second-order valence-electron chi connectivity index (χ2n) is 8.41. The zero-order valence-electron chi connectivity index (χ0n) is 20.1. The number of esters is 1. The molecule has 3 N–H and O–H groups in total. The molecule has 0 fully saturated rings. The van der Waals surface area contributed by atoms with E-state index in [-0.39, 0.29) is 6.61 Å². The number of benzene rings is 1. The van der Waals surface area contributed by atoms with Gasteiger partial charge in [-0.05, 0) is 45.9 Å². The number of hydrogen-bond donors (Lipinski definition) is 3. The van der Waals surface area contributed by atoms with E-state index < -0.39 is 47.6 Å². The van der Waals surface area contributed by atoms with E-state index in [1.165, 1.54) is 25.6 Å². The van der Waals surface area contributed by atoms with E-state index in [0.29, 0.717) is 5.75 Å². The Bertz CT molecular complexity index is 797. The molecule has 0 saturated carbocycles. The summed E-state index contributed by atoms with van der Waals surface area (Å²) in [5, 5.41) is 7.66. The summed E-state index contributed by atoms with van der Waals surface area (Å²) in [4.78, 5) is 49.5. The van der Waals surface area contributed by atoms with Crippen molar-refractivity contribution < 1.29 is 28.7 Å². The summed E-state index contributed by atoms with van der Waals surface area (Å²) in [7, 11) is 0. The topological polar surface area (TPSA) is 123 Å². The minimum absolute atomic E-state index is 0.0968. The van der Waals surface area contributed by atoms with E-state index in [1.54, 1.807) is 20.8 Å². The lowest BCUT2D eigenvalue weighted by molar-refractivity contribution is -0.148. The highest BCUT2D eigenvalue weighted by Gasteiger charge is 2.28. The van der Waals surface area contributed by atoms with Crippen molar-refractivity contribution in [2.24, 2.45) is 0 Å². The highest BCUT2D eigenvalue weighted by Crippen LogP contribution is 2.08. The first-order valence-electron chi connectivity index (χ1n) is 10.8. The molecule has 184 valence electrons. The summed E-state index contributed by atoms with van der Waals surface area (Å²) in [5.41, 5.74) is 0.131. The second kappa shape index (κ2) is 13.7. The Balaban J connectivity index is 2.64. The van der Waals surface area contributed by atoms with Gasteiger partial charge in [0.25, 0.3) is 0 Å². The van der Waals surface area contributed by atoms with Crippen LogP contribution in [0, 0.1) is 0 Å². The van der Waals surface area contributed by atoms with Gasteiger partial charge in [-0.3, -0.25) is 9.59 Å². The third-order valence-electron chi connectivity index (χ3n) is 4.18. The van der Waals surface area contributed by atoms with Crippen molar-refractivity contribution in [2.45, 2.75) is 71.9 Å². The molecule has 1 rings (SSSR count). The zero-order chi connectivity index (χ0) is 25.0. The quantitative estimate of drug-likeness (QED) is 0.415. The van der Waals surface area contributed by atoms with Crippen LogP contribution in [-0.4, -0.2) is 59.1 Å². The van der Waals surface area contributed by atoms with Crippen LogP contribution in [0.15, 0.2) is 30.3 Å². The van der Waals surface area contributed by atoms with Crippen LogP contribution in [0.2, 0.25) is 0 Å². The summed E-state index contributed by atoms with van der Waals surface area (Å²) in [6.45, 7) is 10.2. The number of nitrogens with one attached hydrogen (secondary N) is 3. The van der Waals surface area contributed by atoms with Crippen LogP contribution in [0.1, 0.15) is 47.1 Å². The molecule has 0 aromatic heterocycles. The Hall–Kier alpha value is -2.75. The number of ether oxygens (including phenoxy) is 2. The van der Waals surface area contributed by atoms with Crippen LogP contribution < -0.4 is 16.0 Å². The number of carbonyl (C=O) groups is 4. The van der Waals surface area contributed by atoms with E-state index in [2.05, 4.69) is 16.0 Å². The Morgan fingerprint density at radius 2 is 1.58 bits per heavy atom. The first-order valence-corrected chi connectivity index (χ1v) is 12.0. The molecule has 3 amide bonds. The van der Waals surface area contributed by atoms with Crippen molar-refractivity contribution in [3.8, 4) is 0 Å². The molecule has 10 heteroatoms. The number of carbonyl (C=O) groups excluding carboxylic acids is 4. The summed E-state index contributed by atoms with van der Waals surface area (Å²) < 4.78 is 10.4. The van der Waals surface area contributed by atoms with Gasteiger partial charge < -0.3 is 25.4 Å². The van der Waals surface area contributed by atoms with Gasteiger partial charge in [0.05, 0.1) is 0 Å². The Kier molecular flexibility index (Phi) is 11.8. The fourth-order valence-corrected chi connectivity index (χ4v) is 3.20. The van der Waals surface area contributed by atoms with Gasteiger partial charge in [-0.2, -0.15) is 11.8 Å². The minimum atomic E-state index is -0.921. The Labute approximate surface area is 199 Å². The minimum Gasteiger partial charge on any atom is -0.459 e. The lowest BCUT2D eigenvalue weighted by atomic mass is 10.2. The fraction of sp³-hybridized carbons (Fsp3) is 0.565. The molecule has 0 heterocycles. The number of thioether (sulfide) groups is 1. The van der Waals surface area contributed by atoms with E-state index in [0.717, 1.165) is 11.3 Å². The van der Waals surface area contributed by atoms with Gasteiger partial charge in [-0.15, -0.1) is 0 Å². The molecular formula is C23H35N3O6S. The fourth-order valence-electron chi connectivity index (χ4n) is 2.49. The highest BCUT2D eigenvalue weighted by atomic mass is 32.2. The predicted octanol–water partition coefficient (Wildman–Crippen LogP) is 2.39. The number of rotatable bonds is 11. The number of amides is 3. The van der Waals surface area contributed by atoms with E-state index in [9.17, 15) is 19.2 Å². The van der Waals surface area contributed by atoms with Crippen LogP contribution in [0.3, 0.4) is 0 Å². The van der Waals surface area contributed by atoms with E-state index in [1.807, 2.05) is 37.3 Å². The maximum absolute atomic E-state index is 12.7. The third kappa shape index (κ3) is 11.6. The first-order chi connectivity index (χ1) is 15.4. The van der Waals surface area contributed by atoms with Crippen molar-refractivity contribution in [2.75, 3.05) is 11.5 Å². The molecule has 0 saturated heterocycles. The molecule has 1 aromatic rings. The van der Waals surface area contributed by atoms with Gasteiger partial charge in [0.15, 0.2) is 0 Å². The third-order valence-corrected chi connectivity index (χ3v) is 5.16. The van der Waals surface area contributed by atoms with Gasteiger partial charge in [-0.25, -0.2) is 9.59 Å². The van der Waals surface area contributed by atoms with Gasteiger partial charge in [0.1, 0.15) is 30.3 Å². The lowest BCUT2D eigenvalue weighted by Gasteiger charge is -2.24. The molecule has 0 unspecified atom stereocenters. The highest BCUT2D eigenvalue weighted by molar-refractivity contribution is 7.99. The Morgan fingerprint density at radius 1 is 0.939 bits per heavy atom. The maximum Gasteiger partial charge on any atom is 0.408 e. The van der Waals surface area contributed by atoms with Crippen molar-refractivity contribution in [3.05, 3.63) is 35.9 Å². The molecule has 0 aliphatic carbocycles. The number of alkyl carbamates (subject to hydrolysis) is 1. The molecule has 0 aliphatic rings. The molecule has 9 nitrogen and oxygen atoms in total. The normalized spacial score (nSPS) is 13.8. The van der Waals surface area contributed by atoms with Crippen LogP contribution in [0.4, 0.5) is 4.79 Å². The van der Waals surface area contributed by atoms with Crippen LogP contribution in [-0.2, 0) is 30.5 Å². The molecule has 0 radical (unpaired) electrons. The standard InChI is InChI=1S/C23H35N3O6S/c1-7-33-14-18(26-19(27)15(2)25-22(30)32-23(4,5)6)20(28)24-16(3)21(29)31-13-17-11-9-8-10-12-17/h8-12,15-16,18H,7,13-14H2,1-6H3,(H,24,28)(H,25,30)(H,26,27)/t15-,16-,18-/m0/s1. The molecule has 33 heavy (non-hydrogen) atoms. The first kappa shape index (κ1) is 28.3. The molecule has 0 spiro atoms. The van der Waals surface area contributed by atoms with Gasteiger partial charge >= 0.3 is 12.1 Å². The van der Waals surface area contributed by atoms with Gasteiger partial charge in [-0.1, -0.05) is 37.3 Å². The Morgan fingerprint density at radius 3 is 2.15 bits per heavy atom. The van der Waals surface area contributed by atoms with Crippen LogP contribution >= 0.6 is 11.8 Å². The number of hydrogen-bond acceptors (Lipinski definition) is 7. The lowest BCUT2D eigenvalue weighted by Crippen LogP contribution is -2.56. The molecular weight excluding hydrogens is 446 g/mol. The SMILES string of the molecule is CCSC[C@H](NC(=O)[C@H](C)NC(=O)OC(C)(C)C)C(=O)N[C@@H](C)C(=O)OCc1ccccc1. The smallest absolute Gasteiger partial charge is 0.408 e. The zero-order valence-corrected chi connectivity index (χ0v) is 20.9. The summed E-state index contributed by atoms with van der Waals surface area (Å²) >= 11 is 1.46. The molecule has 0 aliphatic heterocycles. The summed E-state index contributed by atoms with van der Waals surface area (Å²) in [6.07, 6.45) is -0.733. The average Bonchev–Trinajstić information content (AvgIpc) is 2.73. The monoisotopic (exact) mass is 481 g/mol. The summed E-state index contributed by atoms with van der Waals surface area (Å²) in [6, 6.07) is 6.49. The van der Waals surface area contributed by atoms with Crippen molar-refractivity contribution in [3.63, 3.8) is 0 Å². The molecule has 3 atom stereocenters. The molecule has 0 bridgehead atoms. The van der Waals surface area contributed by atoms with Crippen LogP contribution in [0.5, 0.6) is 0 Å². The van der Waals surface area contributed by atoms with E-state index >= 15 is 0 Å². The van der Waals surface area contributed by atoms with Crippen molar-refractivity contribution in [1.29, 1.82) is 0 Å². The molecule has 1 aromatic carbocycles. The average molecular weight is 482 g/mol. The largest absolute Gasteiger partial charge is 0.459 e. The summed E-state index contributed by atoms with van der Waals surface area (Å²) in [5.74, 6) is -0.602. The maximum atomic E-state index is 12.7. The van der Waals surface area contributed by atoms with Crippen molar-refractivity contribution >= 4 is 35.6 Å². The van der Waals surface area contributed by atoms with Gasteiger partial charge in [0.2, 0.25) is 11.8 Å². The van der Waals surface area contributed by atoms with Crippen molar-refractivity contribution in [1.82, 2.24) is 16.0 Å².